The van der Waals surface area contributed by atoms with Gasteiger partial charge >= 0.3 is 0 Å². The van der Waals surface area contributed by atoms with E-state index in [1.165, 1.54) is 15.8 Å². The van der Waals surface area contributed by atoms with E-state index in [1.807, 2.05) is 36.5 Å². The molecule has 372 valence electrons. The lowest BCUT2D eigenvalue weighted by atomic mass is 9.90. The number of hydrogen-bond acceptors (Lipinski definition) is 13. The summed E-state index contributed by atoms with van der Waals surface area (Å²) >= 11 is 0. The fraction of sp³-hybridized carbons (Fsp3) is 0.444. The van der Waals surface area contributed by atoms with Crippen molar-refractivity contribution < 1.29 is 29.1 Å². The van der Waals surface area contributed by atoms with Gasteiger partial charge in [-0.1, -0.05) is 13.8 Å². The van der Waals surface area contributed by atoms with E-state index in [9.17, 15) is 33.9 Å². The maximum atomic E-state index is 14.0. The van der Waals surface area contributed by atoms with Crippen LogP contribution in [0.1, 0.15) is 94.5 Å². The minimum atomic E-state index is -0.985. The Morgan fingerprint density at radius 3 is 2.33 bits per heavy atom. The van der Waals surface area contributed by atoms with Crippen molar-refractivity contribution in [1.82, 2.24) is 34.2 Å². The first-order valence-corrected chi connectivity index (χ1v) is 25.3. The van der Waals surface area contributed by atoms with Gasteiger partial charge in [-0.3, -0.25) is 48.8 Å². The Bertz CT molecular complexity index is 3170. The maximum absolute atomic E-state index is 14.0. The number of rotatable bonds is 9. The second-order valence-electron chi connectivity index (χ2n) is 21.8. The van der Waals surface area contributed by atoms with Crippen LogP contribution in [-0.2, 0) is 42.6 Å². The molecule has 0 spiro atoms. The van der Waals surface area contributed by atoms with E-state index in [0.29, 0.717) is 81.8 Å². The van der Waals surface area contributed by atoms with Crippen molar-refractivity contribution in [2.75, 3.05) is 59.3 Å². The fourth-order valence-corrected chi connectivity index (χ4v) is 13.0. The Labute approximate surface area is 416 Å². The van der Waals surface area contributed by atoms with E-state index < -0.39 is 29.7 Å². The summed E-state index contributed by atoms with van der Waals surface area (Å²) in [7, 11) is 1.69. The molecule has 72 heavy (non-hydrogen) atoms. The summed E-state index contributed by atoms with van der Waals surface area (Å²) in [5.74, 6) is -0.205. The molecule has 1 aliphatic carbocycles. The van der Waals surface area contributed by atoms with Crippen molar-refractivity contribution in [2.45, 2.75) is 90.6 Å². The summed E-state index contributed by atoms with van der Waals surface area (Å²) < 4.78 is 3.67. The van der Waals surface area contributed by atoms with Crippen molar-refractivity contribution in [3.05, 3.63) is 111 Å². The number of fused-ring (bicyclic) bond motifs is 5. The number of aryl methyl sites for hydroxylation is 1. The van der Waals surface area contributed by atoms with E-state index in [-0.39, 0.29) is 42.4 Å². The van der Waals surface area contributed by atoms with E-state index in [1.54, 1.807) is 42.5 Å². The topological polar surface area (TPSA) is 199 Å². The van der Waals surface area contributed by atoms with Crippen molar-refractivity contribution in [2.24, 2.45) is 24.3 Å². The number of carbonyl (C=O) groups excluding carboxylic acids is 5. The minimum Gasteiger partial charge on any atom is -0.392 e. The molecule has 4 aromatic heterocycles. The number of likely N-dealkylation sites (tertiary alicyclic amines) is 1. The lowest BCUT2D eigenvalue weighted by Gasteiger charge is -2.42. The summed E-state index contributed by atoms with van der Waals surface area (Å²) in [4.78, 5) is 98.1. The molecule has 0 radical (unpaired) electrons. The summed E-state index contributed by atoms with van der Waals surface area (Å²) in [5, 5.41) is 16.3. The highest BCUT2D eigenvalue weighted by Crippen LogP contribution is 2.42. The predicted molar refractivity (Wildman–Crippen MR) is 269 cm³/mol. The van der Waals surface area contributed by atoms with E-state index in [0.717, 1.165) is 74.7 Å². The number of aliphatic hydroxyl groups is 1. The lowest BCUT2D eigenvalue weighted by molar-refractivity contribution is -0.136. The zero-order valence-electron chi connectivity index (χ0n) is 41.1. The van der Waals surface area contributed by atoms with Crippen LogP contribution in [0, 0.1) is 17.3 Å². The lowest BCUT2D eigenvalue weighted by Crippen LogP contribution is -2.54. The highest BCUT2D eigenvalue weighted by molar-refractivity contribution is 6.23. The van der Waals surface area contributed by atoms with Gasteiger partial charge in [-0.05, 0) is 116 Å². The molecular weight excluding hydrogens is 915 g/mol. The average Bonchev–Trinajstić information content (AvgIpc) is 4.16. The normalized spacial score (nSPS) is 24.7. The van der Waals surface area contributed by atoms with Gasteiger partial charge in [0.15, 0.2) is 0 Å². The molecule has 4 fully saturated rings. The van der Waals surface area contributed by atoms with E-state index in [4.69, 9.17) is 4.98 Å². The summed E-state index contributed by atoms with van der Waals surface area (Å²) in [5.41, 5.74) is 7.80. The molecule has 18 nitrogen and oxygen atoms in total. The van der Waals surface area contributed by atoms with Crippen LogP contribution in [0.25, 0.3) is 11.1 Å². The van der Waals surface area contributed by atoms with Gasteiger partial charge in [0.2, 0.25) is 11.8 Å². The van der Waals surface area contributed by atoms with Gasteiger partial charge in [-0.15, -0.1) is 0 Å². The van der Waals surface area contributed by atoms with Crippen LogP contribution in [0.2, 0.25) is 0 Å². The summed E-state index contributed by atoms with van der Waals surface area (Å²) in [6, 6.07) is 14.7. The maximum Gasteiger partial charge on any atom is 0.276 e. The predicted octanol–water partition coefficient (Wildman–Crippen LogP) is 4.49. The molecule has 3 N–H and O–H groups in total. The number of benzene rings is 1. The largest absolute Gasteiger partial charge is 0.392 e. The first-order chi connectivity index (χ1) is 34.6. The SMILES string of the molecule is C[C@H]1CC(N2CC3CN(c4ccc5c(c4)C(=O)N(C4CCC(=O)NC4=O)C5=O)CC3C2)CCN1c1ccc(Nc2cc(-c3ccnc(N4CCn5c(cc6c5CC(C)(C)C6)C4=O)c3CO)cn(C)c2=O)nc1. The highest BCUT2D eigenvalue weighted by Gasteiger charge is 2.47. The zero-order chi connectivity index (χ0) is 49.9. The molecule has 18 heteroatoms. The number of nitrogens with one attached hydrogen (secondary N) is 2. The van der Waals surface area contributed by atoms with Gasteiger partial charge in [0.05, 0.1) is 29.6 Å². The van der Waals surface area contributed by atoms with Crippen molar-refractivity contribution >= 4 is 58.2 Å². The summed E-state index contributed by atoms with van der Waals surface area (Å²) in [6.07, 6.45) is 9.37. The van der Waals surface area contributed by atoms with Crippen molar-refractivity contribution in [1.29, 1.82) is 0 Å². The molecule has 4 saturated heterocycles. The summed E-state index contributed by atoms with van der Waals surface area (Å²) in [6.45, 7) is 12.1. The molecular formula is C54H59N11O7. The first-order valence-electron chi connectivity index (χ1n) is 25.3. The smallest absolute Gasteiger partial charge is 0.276 e. The highest BCUT2D eigenvalue weighted by atomic mass is 16.3. The van der Waals surface area contributed by atoms with Gasteiger partial charge in [0.25, 0.3) is 23.3 Å². The number of hydrogen-bond donors (Lipinski definition) is 3. The molecule has 12 rings (SSSR count). The number of aromatic nitrogens is 4. The van der Waals surface area contributed by atoms with Gasteiger partial charge < -0.3 is 29.4 Å². The molecule has 5 amide bonds. The van der Waals surface area contributed by atoms with Gasteiger partial charge in [-0.2, -0.15) is 0 Å². The second kappa shape index (κ2) is 17.3. The third-order valence-corrected chi connectivity index (χ3v) is 16.6. The van der Waals surface area contributed by atoms with Gasteiger partial charge in [-0.25, -0.2) is 9.97 Å². The van der Waals surface area contributed by atoms with E-state index in [2.05, 4.69) is 55.7 Å². The number of anilines is 5. The Kier molecular flexibility index (Phi) is 11.0. The number of aliphatic hydroxyl groups excluding tert-OH is 1. The van der Waals surface area contributed by atoms with E-state index >= 15 is 0 Å². The van der Waals surface area contributed by atoms with Gasteiger partial charge in [0, 0.05) is 106 Å². The third kappa shape index (κ3) is 7.68. The monoisotopic (exact) mass is 973 g/mol. The Hall–Kier alpha value is -7.18. The molecule has 0 saturated carbocycles. The molecule has 0 bridgehead atoms. The van der Waals surface area contributed by atoms with Crippen LogP contribution in [0.3, 0.4) is 0 Å². The average molecular weight is 974 g/mol. The van der Waals surface area contributed by atoms with Crippen molar-refractivity contribution in [3.63, 3.8) is 0 Å². The van der Waals surface area contributed by atoms with Crippen LogP contribution < -0.4 is 30.9 Å². The third-order valence-electron chi connectivity index (χ3n) is 16.6. The quantitative estimate of drug-likeness (QED) is 0.175. The molecule has 6 aliphatic heterocycles. The molecule has 7 aliphatic rings. The Balaban J connectivity index is 0.672. The zero-order valence-corrected chi connectivity index (χ0v) is 41.1. The number of nitrogens with zero attached hydrogens (tertiary/aromatic N) is 9. The van der Waals surface area contributed by atoms with Crippen LogP contribution in [0.5, 0.6) is 0 Å². The standard InChI is InChI=1S/C54H59N11O7/c1-30-17-36(61-27-33-25-60(26-34(33)28-61)35-5-7-39-40(20-35)51(70)65(50(39)69)43-8-10-47(67)58-49(43)68)12-14-62(30)37-6-9-46(56-23-37)57-42-18-32(24-59(4)52(42)71)38-11-13-55-48(41(38)29-66)64-16-15-63-44(53(64)72)19-31-21-54(2,3)22-45(31)63/h5-7,9,11,13,18-20,23-24,30,33-34,36,43,66H,8,10,12,14-17,21-22,25-29H2,1-4H3,(H,56,57)(H,58,67,68)/t30-,33?,34?,36?,43?/m0/s1. The second-order valence-corrected chi connectivity index (χ2v) is 21.8. The molecule has 4 unspecified atom stereocenters. The number of imide groups is 2. The number of piperidine rings is 2. The fourth-order valence-electron chi connectivity index (χ4n) is 13.0. The molecule has 5 aromatic rings. The number of carbonyl (C=O) groups is 5. The van der Waals surface area contributed by atoms with Crippen LogP contribution in [0.4, 0.5) is 28.7 Å². The van der Waals surface area contributed by atoms with Gasteiger partial charge in [0.1, 0.15) is 29.1 Å². The molecule has 5 atom stereocenters. The molecule has 1 aromatic carbocycles. The molecule has 10 heterocycles. The van der Waals surface area contributed by atoms with Crippen LogP contribution in [0.15, 0.2) is 71.9 Å². The minimum absolute atomic E-state index is 0.0844. The van der Waals surface area contributed by atoms with Crippen molar-refractivity contribution in [3.8, 4) is 11.1 Å². The first kappa shape index (κ1) is 45.9. The number of pyridine rings is 3. The Morgan fingerprint density at radius 2 is 1.60 bits per heavy atom. The number of amides is 5. The Morgan fingerprint density at radius 1 is 0.819 bits per heavy atom. The van der Waals surface area contributed by atoms with Crippen LogP contribution >= 0.6 is 0 Å². The van der Waals surface area contributed by atoms with Crippen LogP contribution in [-0.4, -0.2) is 121 Å².